The quantitative estimate of drug-likeness (QED) is 0.424. The van der Waals surface area contributed by atoms with E-state index in [1.807, 2.05) is 56.3 Å². The molecule has 0 saturated carbocycles. The Morgan fingerprint density at radius 1 is 0.974 bits per heavy atom. The van der Waals surface area contributed by atoms with Gasteiger partial charge in [0.1, 0.15) is 5.25 Å². The zero-order chi connectivity index (χ0) is 27.5. The van der Waals surface area contributed by atoms with Gasteiger partial charge in [-0.05, 0) is 49.2 Å². The summed E-state index contributed by atoms with van der Waals surface area (Å²) in [7, 11) is 3.20. The molecule has 0 bridgehead atoms. The van der Waals surface area contributed by atoms with Crippen LogP contribution in [0.3, 0.4) is 0 Å². The molecule has 0 fully saturated rings. The third-order valence-electron chi connectivity index (χ3n) is 6.72. The number of hydrogen-bond donors (Lipinski definition) is 1. The third-order valence-corrected chi connectivity index (χ3v) is 7.86. The number of methoxy groups -OCH3 is 2. The van der Waals surface area contributed by atoms with Crippen molar-refractivity contribution >= 4 is 40.1 Å². The minimum Gasteiger partial charge on any atom is -0.493 e. The smallest absolute Gasteiger partial charge is 0.262 e. The van der Waals surface area contributed by atoms with E-state index in [4.69, 9.17) is 14.6 Å². The van der Waals surface area contributed by atoms with E-state index in [1.54, 1.807) is 19.2 Å². The molecule has 0 unspecified atom stereocenters. The Hall–Kier alpha value is -4.11. The van der Waals surface area contributed by atoms with Crippen molar-refractivity contribution in [2.75, 3.05) is 19.5 Å². The van der Waals surface area contributed by atoms with Crippen LogP contribution in [0.1, 0.15) is 41.1 Å². The van der Waals surface area contributed by atoms with E-state index in [9.17, 15) is 9.59 Å². The lowest BCUT2D eigenvalue weighted by Crippen LogP contribution is -2.25. The van der Waals surface area contributed by atoms with Gasteiger partial charge in [0.15, 0.2) is 16.7 Å². The number of rotatable bonds is 7. The minimum absolute atomic E-state index is 0.0216. The van der Waals surface area contributed by atoms with E-state index in [2.05, 4.69) is 34.6 Å². The predicted octanol–water partition coefficient (Wildman–Crippen LogP) is 5.50. The first kappa shape index (κ1) is 26.5. The Morgan fingerprint density at radius 2 is 1.64 bits per heavy atom. The Balaban J connectivity index is 1.38. The van der Waals surface area contributed by atoms with Gasteiger partial charge in [-0.15, -0.1) is 0 Å². The third kappa shape index (κ3) is 5.83. The maximum atomic E-state index is 12.9. The summed E-state index contributed by atoms with van der Waals surface area (Å²) in [6.07, 6.45) is 0.638. The number of anilines is 1. The Morgan fingerprint density at radius 3 is 2.31 bits per heavy atom. The number of benzene rings is 3. The second-order valence-electron chi connectivity index (χ2n) is 9.55. The molecule has 0 spiro atoms. The number of amides is 2. The van der Waals surface area contributed by atoms with Gasteiger partial charge in [0.05, 0.1) is 26.0 Å². The topological polar surface area (TPSA) is 92.6 Å². The number of hydrazone groups is 1. The lowest BCUT2D eigenvalue weighted by atomic mass is 9.98. The molecule has 5 rings (SSSR count). The van der Waals surface area contributed by atoms with E-state index in [0.717, 1.165) is 22.4 Å². The van der Waals surface area contributed by atoms with Crippen LogP contribution in [0.25, 0.3) is 0 Å². The molecule has 9 heteroatoms. The van der Waals surface area contributed by atoms with Crippen LogP contribution >= 0.6 is 11.8 Å². The Bertz CT molecular complexity index is 1450. The largest absolute Gasteiger partial charge is 0.493 e. The summed E-state index contributed by atoms with van der Waals surface area (Å²) in [4.78, 5) is 29.9. The fraction of sp³-hybridized carbons (Fsp3) is 0.267. The molecule has 0 saturated heterocycles. The van der Waals surface area contributed by atoms with Crippen LogP contribution in [-0.4, -0.2) is 47.2 Å². The molecule has 8 nitrogen and oxygen atoms in total. The highest BCUT2D eigenvalue weighted by molar-refractivity contribution is 8.15. The lowest BCUT2D eigenvalue weighted by Gasteiger charge is -2.24. The van der Waals surface area contributed by atoms with Crippen molar-refractivity contribution in [3.63, 3.8) is 0 Å². The van der Waals surface area contributed by atoms with Crippen molar-refractivity contribution in [3.8, 4) is 11.5 Å². The number of amidine groups is 1. The predicted molar refractivity (Wildman–Crippen MR) is 155 cm³/mol. The number of aryl methyl sites for hydroxylation is 2. The molecule has 2 heterocycles. The van der Waals surface area contributed by atoms with Crippen LogP contribution in [-0.2, 0) is 9.59 Å². The molecule has 0 radical (unpaired) electrons. The lowest BCUT2D eigenvalue weighted by molar-refractivity contribution is -0.121. The second-order valence-corrected chi connectivity index (χ2v) is 10.7. The van der Waals surface area contributed by atoms with Crippen LogP contribution in [0, 0.1) is 13.8 Å². The highest BCUT2D eigenvalue weighted by Gasteiger charge is 2.39. The van der Waals surface area contributed by atoms with Gasteiger partial charge in [0.25, 0.3) is 5.91 Å². The number of thioether (sulfide) groups is 1. The maximum Gasteiger partial charge on any atom is 0.262 e. The summed E-state index contributed by atoms with van der Waals surface area (Å²) in [5, 5.41) is 9.46. The summed E-state index contributed by atoms with van der Waals surface area (Å²) >= 11 is 1.28. The van der Waals surface area contributed by atoms with Crippen molar-refractivity contribution in [1.29, 1.82) is 0 Å². The van der Waals surface area contributed by atoms with Gasteiger partial charge in [-0.25, -0.2) is 5.01 Å². The molecular formula is C30H30N4O4S. The van der Waals surface area contributed by atoms with Gasteiger partial charge in [0.2, 0.25) is 5.91 Å². The number of ether oxygens (including phenoxy) is 2. The van der Waals surface area contributed by atoms with Gasteiger partial charge in [0, 0.05) is 18.5 Å². The molecule has 0 aromatic heterocycles. The average molecular weight is 543 g/mol. The van der Waals surface area contributed by atoms with Crippen LogP contribution in [0.5, 0.6) is 11.5 Å². The zero-order valence-electron chi connectivity index (χ0n) is 22.3. The Kier molecular flexibility index (Phi) is 7.70. The zero-order valence-corrected chi connectivity index (χ0v) is 23.1. The number of carbonyl (C=O) groups is 2. The number of hydrogen-bond acceptors (Lipinski definition) is 7. The first-order valence-corrected chi connectivity index (χ1v) is 13.5. The summed E-state index contributed by atoms with van der Waals surface area (Å²) < 4.78 is 11.0. The molecule has 3 aromatic rings. The van der Waals surface area contributed by atoms with Gasteiger partial charge in [-0.3, -0.25) is 9.59 Å². The van der Waals surface area contributed by atoms with E-state index in [1.165, 1.54) is 17.3 Å². The normalized spacial score (nSPS) is 18.6. The fourth-order valence-corrected chi connectivity index (χ4v) is 5.61. The van der Waals surface area contributed by atoms with Crippen molar-refractivity contribution in [1.82, 2.24) is 5.01 Å². The molecule has 3 aromatic carbocycles. The van der Waals surface area contributed by atoms with E-state index in [0.29, 0.717) is 28.8 Å². The monoisotopic (exact) mass is 542 g/mol. The average Bonchev–Trinajstić information content (AvgIpc) is 3.54. The number of carbonyl (C=O) groups excluding carboxylic acids is 2. The van der Waals surface area contributed by atoms with Crippen molar-refractivity contribution in [2.24, 2.45) is 10.1 Å². The number of aliphatic imine (C=N–C) groups is 1. The summed E-state index contributed by atoms with van der Waals surface area (Å²) in [6.45, 7) is 4.03. The molecule has 2 aliphatic heterocycles. The van der Waals surface area contributed by atoms with Crippen LogP contribution in [0.4, 0.5) is 5.69 Å². The first-order chi connectivity index (χ1) is 18.8. The highest BCUT2D eigenvalue weighted by Crippen LogP contribution is 2.41. The van der Waals surface area contributed by atoms with Gasteiger partial charge in [-0.2, -0.15) is 10.1 Å². The maximum absolute atomic E-state index is 12.9. The van der Waals surface area contributed by atoms with Gasteiger partial charge in [-0.1, -0.05) is 65.4 Å². The molecule has 0 aliphatic carbocycles. The fourth-order valence-electron chi connectivity index (χ4n) is 4.55. The number of nitrogens with zero attached hydrogens (tertiary/aromatic N) is 3. The second kappa shape index (κ2) is 11.3. The van der Waals surface area contributed by atoms with E-state index in [-0.39, 0.29) is 24.3 Å². The summed E-state index contributed by atoms with van der Waals surface area (Å²) in [6, 6.07) is 21.3. The summed E-state index contributed by atoms with van der Waals surface area (Å²) in [5.74, 6) is 0.677. The summed E-state index contributed by atoms with van der Waals surface area (Å²) in [5.41, 5.74) is 5.83. The van der Waals surface area contributed by atoms with Crippen molar-refractivity contribution in [3.05, 3.63) is 89.0 Å². The van der Waals surface area contributed by atoms with Crippen molar-refractivity contribution < 1.29 is 19.1 Å². The molecule has 2 amide bonds. The Labute approximate surface area is 232 Å². The highest BCUT2D eigenvalue weighted by atomic mass is 32.2. The van der Waals surface area contributed by atoms with Gasteiger partial charge >= 0.3 is 0 Å². The standard InChI is InChI=1S/C30H30N4O4S/c1-18-5-9-20(10-6-18)23-16-24(21-11-14-25(37-3)26(15-21)38-4)34(33-23)30-32-29(36)27(39-30)17-28(35)31-22-12-7-19(2)8-13-22/h5-15,24,27H,16-17H2,1-4H3,(H,31,35)/t24-,27-/m0/s1. The molecule has 200 valence electrons. The molecule has 2 aliphatic rings. The van der Waals surface area contributed by atoms with Crippen LogP contribution < -0.4 is 14.8 Å². The SMILES string of the molecule is COc1ccc([C@@H]2CC(c3ccc(C)cc3)=NN2C2=NC(=O)[C@H](CC(=O)Nc3ccc(C)cc3)S2)cc1OC. The molecule has 2 atom stereocenters. The minimum atomic E-state index is -0.616. The van der Waals surface area contributed by atoms with E-state index < -0.39 is 5.25 Å². The van der Waals surface area contributed by atoms with Crippen LogP contribution in [0.2, 0.25) is 0 Å². The van der Waals surface area contributed by atoms with Crippen molar-refractivity contribution in [2.45, 2.75) is 38.0 Å². The van der Waals surface area contributed by atoms with E-state index >= 15 is 0 Å². The van der Waals surface area contributed by atoms with Crippen LogP contribution in [0.15, 0.2) is 76.8 Å². The molecular weight excluding hydrogens is 512 g/mol. The molecule has 39 heavy (non-hydrogen) atoms. The van der Waals surface area contributed by atoms with Gasteiger partial charge < -0.3 is 14.8 Å². The first-order valence-electron chi connectivity index (χ1n) is 12.7. The molecule has 1 N–H and O–H groups in total. The number of nitrogens with one attached hydrogen (secondary N) is 1.